The highest BCUT2D eigenvalue weighted by molar-refractivity contribution is 7.98. The van der Waals surface area contributed by atoms with Crippen molar-refractivity contribution in [3.05, 3.63) is 69.0 Å². The molecular formula is C23H27N5O4S. The molecule has 1 aromatic heterocycles. The van der Waals surface area contributed by atoms with Crippen molar-refractivity contribution in [1.82, 2.24) is 14.9 Å². The number of aryl methyl sites for hydroxylation is 2. The molecule has 174 valence electrons. The summed E-state index contributed by atoms with van der Waals surface area (Å²) in [5, 5.41) is 25.3. The van der Waals surface area contributed by atoms with Crippen LogP contribution in [0.25, 0.3) is 0 Å². The molecule has 0 aliphatic heterocycles. The monoisotopic (exact) mass is 469 g/mol. The Kier molecular flexibility index (Phi) is 8.05. The average Bonchev–Trinajstić information content (AvgIpc) is 3.19. The summed E-state index contributed by atoms with van der Waals surface area (Å²) in [5.41, 5.74) is 2.69. The molecule has 0 aliphatic rings. The van der Waals surface area contributed by atoms with Gasteiger partial charge in [-0.05, 0) is 32.4 Å². The maximum atomic E-state index is 11.6. The molecule has 10 heteroatoms. The number of hydrogen-bond acceptors (Lipinski definition) is 8. The van der Waals surface area contributed by atoms with Crippen molar-refractivity contribution in [3.63, 3.8) is 0 Å². The Balaban J connectivity index is 1.90. The SMILES string of the molecule is CCc1nnc(SCc2ccc(C)cc2)n1/N=C\c1cc(OC)c(OC(C)C)c([N+](=O)[O-])c1. The fourth-order valence-corrected chi connectivity index (χ4v) is 3.86. The van der Waals surface area contributed by atoms with Crippen LogP contribution >= 0.6 is 11.8 Å². The van der Waals surface area contributed by atoms with E-state index in [4.69, 9.17) is 9.47 Å². The molecule has 3 aromatic rings. The Labute approximate surface area is 197 Å². The van der Waals surface area contributed by atoms with Gasteiger partial charge in [-0.25, -0.2) is 0 Å². The van der Waals surface area contributed by atoms with Gasteiger partial charge in [0.15, 0.2) is 11.6 Å². The summed E-state index contributed by atoms with van der Waals surface area (Å²) in [6.07, 6.45) is 1.93. The van der Waals surface area contributed by atoms with E-state index in [1.165, 1.54) is 42.3 Å². The fraction of sp³-hybridized carbons (Fsp3) is 0.348. The van der Waals surface area contributed by atoms with Crippen LogP contribution in [0.3, 0.4) is 0 Å². The summed E-state index contributed by atoms with van der Waals surface area (Å²) in [5.74, 6) is 1.78. The van der Waals surface area contributed by atoms with E-state index in [0.29, 0.717) is 23.0 Å². The lowest BCUT2D eigenvalue weighted by molar-refractivity contribution is -0.386. The molecule has 0 spiro atoms. The predicted molar refractivity (Wildman–Crippen MR) is 129 cm³/mol. The number of aromatic nitrogens is 3. The number of nitrogens with zero attached hydrogens (tertiary/aromatic N) is 5. The second-order valence-corrected chi connectivity index (χ2v) is 8.52. The second-order valence-electron chi connectivity index (χ2n) is 7.58. The van der Waals surface area contributed by atoms with Gasteiger partial charge in [0.25, 0.3) is 0 Å². The van der Waals surface area contributed by atoms with Crippen molar-refractivity contribution in [2.45, 2.75) is 51.1 Å². The molecule has 0 bridgehead atoms. The maximum Gasteiger partial charge on any atom is 0.315 e. The minimum Gasteiger partial charge on any atom is -0.493 e. The van der Waals surface area contributed by atoms with Crippen LogP contribution in [0.1, 0.15) is 43.3 Å². The van der Waals surface area contributed by atoms with Crippen LogP contribution in [0.5, 0.6) is 11.5 Å². The topological polar surface area (TPSA) is 105 Å². The fourth-order valence-electron chi connectivity index (χ4n) is 3.00. The van der Waals surface area contributed by atoms with Gasteiger partial charge >= 0.3 is 5.69 Å². The van der Waals surface area contributed by atoms with Gasteiger partial charge in [0.05, 0.1) is 24.4 Å². The Bertz CT molecular complexity index is 1140. The average molecular weight is 470 g/mol. The van der Waals surface area contributed by atoms with E-state index in [0.717, 1.165) is 5.75 Å². The number of nitro groups is 1. The minimum absolute atomic E-state index is 0.0996. The van der Waals surface area contributed by atoms with Crippen LogP contribution in [-0.4, -0.2) is 39.2 Å². The minimum atomic E-state index is -0.489. The number of benzene rings is 2. The van der Waals surface area contributed by atoms with E-state index in [2.05, 4.69) is 46.5 Å². The summed E-state index contributed by atoms with van der Waals surface area (Å²) in [6.45, 7) is 7.62. The summed E-state index contributed by atoms with van der Waals surface area (Å²) >= 11 is 1.52. The zero-order valence-electron chi connectivity index (χ0n) is 19.3. The number of rotatable bonds is 10. The van der Waals surface area contributed by atoms with Gasteiger partial charge in [-0.15, -0.1) is 10.2 Å². The van der Waals surface area contributed by atoms with Crippen LogP contribution in [0, 0.1) is 17.0 Å². The predicted octanol–water partition coefficient (Wildman–Crippen LogP) is 5.03. The normalized spacial score (nSPS) is 11.3. The third-order valence-corrected chi connectivity index (χ3v) is 5.62. The summed E-state index contributed by atoms with van der Waals surface area (Å²) in [7, 11) is 1.45. The first-order chi connectivity index (χ1) is 15.8. The van der Waals surface area contributed by atoms with Crippen molar-refractivity contribution in [1.29, 1.82) is 0 Å². The molecule has 0 fully saturated rings. The molecular weight excluding hydrogens is 442 g/mol. The molecule has 1 heterocycles. The Morgan fingerprint density at radius 2 is 1.97 bits per heavy atom. The van der Waals surface area contributed by atoms with Gasteiger partial charge in [-0.1, -0.05) is 48.5 Å². The lowest BCUT2D eigenvalue weighted by atomic mass is 10.2. The summed E-state index contributed by atoms with van der Waals surface area (Å²) in [4.78, 5) is 11.2. The molecule has 3 rings (SSSR count). The lowest BCUT2D eigenvalue weighted by Gasteiger charge is -2.14. The first-order valence-electron chi connectivity index (χ1n) is 10.5. The van der Waals surface area contributed by atoms with Crippen LogP contribution in [0.2, 0.25) is 0 Å². The third-order valence-electron chi connectivity index (χ3n) is 4.63. The zero-order valence-corrected chi connectivity index (χ0v) is 20.1. The molecule has 9 nitrogen and oxygen atoms in total. The first kappa shape index (κ1) is 24.2. The number of thioether (sulfide) groups is 1. The number of hydrogen-bond donors (Lipinski definition) is 0. The quantitative estimate of drug-likeness (QED) is 0.177. The first-order valence-corrected chi connectivity index (χ1v) is 11.5. The molecule has 0 unspecified atom stereocenters. The Morgan fingerprint density at radius 1 is 1.24 bits per heavy atom. The van der Waals surface area contributed by atoms with E-state index >= 15 is 0 Å². The van der Waals surface area contributed by atoms with Gasteiger partial charge in [0, 0.05) is 23.8 Å². The molecule has 33 heavy (non-hydrogen) atoms. The summed E-state index contributed by atoms with van der Waals surface area (Å²) < 4.78 is 12.6. The van der Waals surface area contributed by atoms with E-state index in [9.17, 15) is 10.1 Å². The standard InChI is InChI=1S/C23H27N5O4S/c1-6-21-25-26-23(33-14-17-9-7-16(4)8-10-17)27(21)24-13-18-11-19(28(29)30)22(32-15(2)3)20(12-18)31-5/h7-13,15H,6,14H2,1-5H3/b24-13-. The number of methoxy groups -OCH3 is 1. The van der Waals surface area contributed by atoms with Gasteiger partial charge < -0.3 is 9.47 Å². The molecule has 0 saturated heterocycles. The number of ether oxygens (including phenoxy) is 2. The highest BCUT2D eigenvalue weighted by Crippen LogP contribution is 2.38. The highest BCUT2D eigenvalue weighted by Gasteiger charge is 2.23. The van der Waals surface area contributed by atoms with Crippen molar-refractivity contribution in [3.8, 4) is 11.5 Å². The molecule has 0 atom stereocenters. The molecule has 0 radical (unpaired) electrons. The van der Waals surface area contributed by atoms with E-state index in [-0.39, 0.29) is 23.3 Å². The van der Waals surface area contributed by atoms with Gasteiger partial charge in [0.1, 0.15) is 0 Å². The van der Waals surface area contributed by atoms with Crippen molar-refractivity contribution in [2.24, 2.45) is 5.10 Å². The zero-order chi connectivity index (χ0) is 24.0. The van der Waals surface area contributed by atoms with Crippen LogP contribution in [0.15, 0.2) is 46.7 Å². The maximum absolute atomic E-state index is 11.6. The van der Waals surface area contributed by atoms with Crippen LogP contribution in [0.4, 0.5) is 5.69 Å². The van der Waals surface area contributed by atoms with Crippen molar-refractivity contribution >= 4 is 23.7 Å². The van der Waals surface area contributed by atoms with Crippen LogP contribution < -0.4 is 9.47 Å². The Morgan fingerprint density at radius 3 is 2.58 bits per heavy atom. The van der Waals surface area contributed by atoms with Gasteiger partial charge in [-0.2, -0.15) is 9.78 Å². The highest BCUT2D eigenvalue weighted by atomic mass is 32.2. The number of nitro benzene ring substituents is 1. The van der Waals surface area contributed by atoms with Gasteiger partial charge in [-0.3, -0.25) is 10.1 Å². The largest absolute Gasteiger partial charge is 0.493 e. The van der Waals surface area contributed by atoms with Crippen molar-refractivity contribution in [2.75, 3.05) is 7.11 Å². The van der Waals surface area contributed by atoms with E-state index in [1.54, 1.807) is 24.6 Å². The summed E-state index contributed by atoms with van der Waals surface area (Å²) in [6, 6.07) is 11.4. The van der Waals surface area contributed by atoms with E-state index < -0.39 is 4.92 Å². The van der Waals surface area contributed by atoms with Gasteiger partial charge in [0.2, 0.25) is 10.9 Å². The van der Waals surface area contributed by atoms with E-state index in [1.807, 2.05) is 6.92 Å². The van der Waals surface area contributed by atoms with Crippen LogP contribution in [-0.2, 0) is 12.2 Å². The molecule has 0 saturated carbocycles. The van der Waals surface area contributed by atoms with Crippen molar-refractivity contribution < 1.29 is 14.4 Å². The lowest BCUT2D eigenvalue weighted by Crippen LogP contribution is -2.09. The third kappa shape index (κ3) is 6.10. The molecule has 0 amide bonds. The molecule has 2 aromatic carbocycles. The second kappa shape index (κ2) is 11.0. The Hall–Kier alpha value is -3.40. The molecule has 0 N–H and O–H groups in total. The molecule has 0 aliphatic carbocycles. The smallest absolute Gasteiger partial charge is 0.315 e.